The van der Waals surface area contributed by atoms with E-state index in [9.17, 15) is 9.59 Å². The summed E-state index contributed by atoms with van der Waals surface area (Å²) in [6, 6.07) is 0. The zero-order valence-corrected chi connectivity index (χ0v) is 11.2. The van der Waals surface area contributed by atoms with Crippen LogP contribution in [-0.4, -0.2) is 37.4 Å². The molecule has 0 saturated heterocycles. The fraction of sp³-hybridized carbons (Fsp3) is 0.833. The Morgan fingerprint density at radius 3 is 2.00 bits per heavy atom. The van der Waals surface area contributed by atoms with Crippen LogP contribution < -0.4 is 0 Å². The van der Waals surface area contributed by atoms with Crippen molar-refractivity contribution in [3.05, 3.63) is 0 Å². The van der Waals surface area contributed by atoms with E-state index in [4.69, 9.17) is 14.6 Å². The standard InChI is InChI=1S/C12H22O5/c1-11(2,9(13)14)8-12(3,4)10(15)17-7-6-16-5/h6-8H2,1-5H3,(H,13,14). The number of aliphatic carboxylic acids is 1. The van der Waals surface area contributed by atoms with E-state index in [-0.39, 0.29) is 13.0 Å². The quantitative estimate of drug-likeness (QED) is 0.546. The summed E-state index contributed by atoms with van der Waals surface area (Å²) >= 11 is 0. The SMILES string of the molecule is COCCOC(=O)C(C)(C)CC(C)(C)C(=O)O. The van der Waals surface area contributed by atoms with E-state index in [1.54, 1.807) is 27.7 Å². The highest BCUT2D eigenvalue weighted by Gasteiger charge is 2.39. The summed E-state index contributed by atoms with van der Waals surface area (Å²) < 4.78 is 9.79. The van der Waals surface area contributed by atoms with Crippen molar-refractivity contribution in [2.24, 2.45) is 10.8 Å². The first kappa shape index (κ1) is 15.9. The van der Waals surface area contributed by atoms with Crippen molar-refractivity contribution in [3.8, 4) is 0 Å². The van der Waals surface area contributed by atoms with Gasteiger partial charge >= 0.3 is 11.9 Å². The first-order valence-electron chi connectivity index (χ1n) is 5.53. The molecule has 0 aliphatic heterocycles. The van der Waals surface area contributed by atoms with E-state index in [2.05, 4.69) is 0 Å². The monoisotopic (exact) mass is 246 g/mol. The van der Waals surface area contributed by atoms with Gasteiger partial charge in [0, 0.05) is 7.11 Å². The Morgan fingerprint density at radius 1 is 1.06 bits per heavy atom. The van der Waals surface area contributed by atoms with Gasteiger partial charge < -0.3 is 14.6 Å². The van der Waals surface area contributed by atoms with Gasteiger partial charge in [0.1, 0.15) is 6.61 Å². The number of carboxylic acid groups (broad SMARTS) is 1. The van der Waals surface area contributed by atoms with Crippen molar-refractivity contribution in [2.75, 3.05) is 20.3 Å². The predicted octanol–water partition coefficient (Wildman–Crippen LogP) is 1.70. The lowest BCUT2D eigenvalue weighted by atomic mass is 9.75. The molecular weight excluding hydrogens is 224 g/mol. The number of methoxy groups -OCH3 is 1. The molecule has 0 atom stereocenters. The third kappa shape index (κ3) is 5.17. The molecule has 17 heavy (non-hydrogen) atoms. The minimum Gasteiger partial charge on any atom is -0.481 e. The molecule has 1 N–H and O–H groups in total. The number of carbonyl (C=O) groups excluding carboxylic acids is 1. The van der Waals surface area contributed by atoms with Crippen LogP contribution in [0.15, 0.2) is 0 Å². The Morgan fingerprint density at radius 2 is 1.59 bits per heavy atom. The highest BCUT2D eigenvalue weighted by atomic mass is 16.6. The maximum Gasteiger partial charge on any atom is 0.311 e. The third-order valence-electron chi connectivity index (χ3n) is 2.54. The first-order chi connectivity index (χ1) is 7.63. The van der Waals surface area contributed by atoms with E-state index >= 15 is 0 Å². The Bertz CT molecular complexity index is 281. The minimum absolute atomic E-state index is 0.187. The molecule has 0 aromatic rings. The molecule has 0 unspecified atom stereocenters. The van der Waals surface area contributed by atoms with Gasteiger partial charge in [-0.25, -0.2) is 0 Å². The van der Waals surface area contributed by atoms with Crippen molar-refractivity contribution in [2.45, 2.75) is 34.1 Å². The summed E-state index contributed by atoms with van der Waals surface area (Å²) in [5.74, 6) is -1.32. The molecule has 5 heteroatoms. The Balaban J connectivity index is 4.46. The molecule has 0 heterocycles. The van der Waals surface area contributed by atoms with Gasteiger partial charge in [0.05, 0.1) is 17.4 Å². The summed E-state index contributed by atoms with van der Waals surface area (Å²) in [5, 5.41) is 9.03. The molecule has 100 valence electrons. The van der Waals surface area contributed by atoms with Gasteiger partial charge in [-0.2, -0.15) is 0 Å². The summed E-state index contributed by atoms with van der Waals surface area (Å²) in [5.41, 5.74) is -1.78. The average Bonchev–Trinajstić information content (AvgIpc) is 2.16. The molecule has 0 spiro atoms. The Labute approximate surface area is 102 Å². The molecule has 0 saturated carbocycles. The number of esters is 1. The molecule has 0 fully saturated rings. The van der Waals surface area contributed by atoms with Gasteiger partial charge in [-0.1, -0.05) is 0 Å². The van der Waals surface area contributed by atoms with Gasteiger partial charge in [0.15, 0.2) is 0 Å². The van der Waals surface area contributed by atoms with Crippen LogP contribution in [0.3, 0.4) is 0 Å². The van der Waals surface area contributed by atoms with Crippen molar-refractivity contribution in [1.29, 1.82) is 0 Å². The molecular formula is C12H22O5. The number of rotatable bonds is 7. The number of ether oxygens (including phenoxy) is 2. The second-order valence-corrected chi connectivity index (χ2v) is 5.38. The minimum atomic E-state index is -0.955. The smallest absolute Gasteiger partial charge is 0.311 e. The van der Waals surface area contributed by atoms with Crippen molar-refractivity contribution >= 4 is 11.9 Å². The van der Waals surface area contributed by atoms with Crippen LogP contribution in [-0.2, 0) is 19.1 Å². The van der Waals surface area contributed by atoms with Crippen molar-refractivity contribution in [1.82, 2.24) is 0 Å². The Kier molecular flexibility index (Phi) is 5.61. The van der Waals surface area contributed by atoms with Crippen LogP contribution in [0.5, 0.6) is 0 Å². The lowest BCUT2D eigenvalue weighted by Gasteiger charge is -2.30. The van der Waals surface area contributed by atoms with Gasteiger partial charge in [-0.3, -0.25) is 9.59 Å². The summed E-state index contributed by atoms with van der Waals surface area (Å²) in [4.78, 5) is 22.8. The van der Waals surface area contributed by atoms with E-state index in [1.807, 2.05) is 0 Å². The number of hydrogen-bond acceptors (Lipinski definition) is 4. The predicted molar refractivity (Wildman–Crippen MR) is 62.6 cm³/mol. The fourth-order valence-electron chi connectivity index (χ4n) is 1.67. The van der Waals surface area contributed by atoms with Gasteiger partial charge in [0.25, 0.3) is 0 Å². The topological polar surface area (TPSA) is 72.8 Å². The van der Waals surface area contributed by atoms with E-state index < -0.39 is 22.8 Å². The molecule has 0 radical (unpaired) electrons. The lowest BCUT2D eigenvalue weighted by Crippen LogP contribution is -2.36. The highest BCUT2D eigenvalue weighted by Crippen LogP contribution is 2.34. The van der Waals surface area contributed by atoms with Crippen LogP contribution in [0, 0.1) is 10.8 Å². The second-order valence-electron chi connectivity index (χ2n) is 5.38. The van der Waals surface area contributed by atoms with Gasteiger partial charge in [0.2, 0.25) is 0 Å². The zero-order chi connectivity index (χ0) is 13.7. The second kappa shape index (κ2) is 6.00. The maximum absolute atomic E-state index is 11.8. The van der Waals surface area contributed by atoms with Crippen LogP contribution in [0.4, 0.5) is 0 Å². The van der Waals surface area contributed by atoms with Crippen LogP contribution in [0.2, 0.25) is 0 Å². The van der Waals surface area contributed by atoms with Gasteiger partial charge in [-0.15, -0.1) is 0 Å². The number of carbonyl (C=O) groups is 2. The highest BCUT2D eigenvalue weighted by molar-refractivity contribution is 5.79. The van der Waals surface area contributed by atoms with Crippen LogP contribution in [0.1, 0.15) is 34.1 Å². The molecule has 0 rings (SSSR count). The maximum atomic E-state index is 11.8. The molecule has 0 aromatic heterocycles. The molecule has 0 amide bonds. The van der Waals surface area contributed by atoms with Crippen molar-refractivity contribution < 1.29 is 24.2 Å². The molecule has 0 aliphatic carbocycles. The molecule has 5 nitrogen and oxygen atoms in total. The number of carboxylic acids is 1. The van der Waals surface area contributed by atoms with E-state index in [1.165, 1.54) is 7.11 Å². The fourth-order valence-corrected chi connectivity index (χ4v) is 1.67. The lowest BCUT2D eigenvalue weighted by molar-refractivity contribution is -0.160. The normalized spacial score (nSPS) is 12.3. The first-order valence-corrected chi connectivity index (χ1v) is 5.53. The molecule has 0 aliphatic rings. The van der Waals surface area contributed by atoms with E-state index in [0.717, 1.165) is 0 Å². The summed E-state index contributed by atoms with van der Waals surface area (Å²) in [6.45, 7) is 7.09. The number of hydrogen-bond donors (Lipinski definition) is 1. The van der Waals surface area contributed by atoms with Crippen molar-refractivity contribution in [3.63, 3.8) is 0 Å². The summed E-state index contributed by atoms with van der Waals surface area (Å²) in [6.07, 6.45) is 0.223. The van der Waals surface area contributed by atoms with Gasteiger partial charge in [-0.05, 0) is 34.1 Å². The summed E-state index contributed by atoms with van der Waals surface area (Å²) in [7, 11) is 1.52. The van der Waals surface area contributed by atoms with Crippen LogP contribution >= 0.6 is 0 Å². The molecule has 0 aromatic carbocycles. The zero-order valence-electron chi connectivity index (χ0n) is 11.2. The molecule has 0 bridgehead atoms. The largest absolute Gasteiger partial charge is 0.481 e. The Hall–Kier alpha value is -1.10. The third-order valence-corrected chi connectivity index (χ3v) is 2.54. The average molecular weight is 246 g/mol. The van der Waals surface area contributed by atoms with E-state index in [0.29, 0.717) is 6.61 Å². The van der Waals surface area contributed by atoms with Crippen LogP contribution in [0.25, 0.3) is 0 Å².